The van der Waals surface area contributed by atoms with Crippen molar-refractivity contribution in [2.24, 2.45) is 0 Å². The van der Waals surface area contributed by atoms with Crippen molar-refractivity contribution in [3.8, 4) is 0 Å². The molecule has 1 aromatic carbocycles. The molecule has 0 fully saturated rings. The zero-order chi connectivity index (χ0) is 13.3. The van der Waals surface area contributed by atoms with Crippen LogP contribution in [0.1, 0.15) is 43.6 Å². The van der Waals surface area contributed by atoms with Crippen LogP contribution in [0.2, 0.25) is 0 Å². The van der Waals surface area contributed by atoms with E-state index in [1.165, 1.54) is 0 Å². The van der Waals surface area contributed by atoms with Crippen LogP contribution in [0, 0.1) is 0 Å². The minimum absolute atomic E-state index is 0.0958. The number of benzene rings is 1. The molecule has 0 saturated carbocycles. The maximum absolute atomic E-state index is 12.0. The molecule has 0 bridgehead atoms. The Balaban J connectivity index is 2.63. The molecule has 96 valence electrons. The van der Waals surface area contributed by atoms with E-state index in [0.29, 0.717) is 12.2 Å². The molecule has 0 aliphatic rings. The van der Waals surface area contributed by atoms with Gasteiger partial charge in [0.05, 0.1) is 12.2 Å². The standard InChI is InChI=1S/C15H19NO2/c1-5-18-14(17)11-8-10-6-7-16-13(10)9-12(11)15(2,3)4/h6-9,16H,5H2,1-4H3. The molecule has 0 aliphatic carbocycles. The van der Waals surface area contributed by atoms with E-state index >= 15 is 0 Å². The van der Waals surface area contributed by atoms with Gasteiger partial charge in [0.25, 0.3) is 0 Å². The second-order valence-corrected chi connectivity index (χ2v) is 5.43. The summed E-state index contributed by atoms with van der Waals surface area (Å²) in [5.74, 6) is -0.245. The fourth-order valence-corrected chi connectivity index (χ4v) is 2.10. The van der Waals surface area contributed by atoms with Gasteiger partial charge in [-0.3, -0.25) is 0 Å². The van der Waals surface area contributed by atoms with Crippen LogP contribution in [0.15, 0.2) is 24.4 Å². The van der Waals surface area contributed by atoms with E-state index in [4.69, 9.17) is 4.74 Å². The van der Waals surface area contributed by atoms with Gasteiger partial charge in [0.15, 0.2) is 0 Å². The van der Waals surface area contributed by atoms with Gasteiger partial charge >= 0.3 is 5.97 Å². The average molecular weight is 245 g/mol. The average Bonchev–Trinajstić information content (AvgIpc) is 2.73. The van der Waals surface area contributed by atoms with Crippen molar-refractivity contribution in [2.45, 2.75) is 33.1 Å². The molecular formula is C15H19NO2. The lowest BCUT2D eigenvalue weighted by atomic mass is 9.83. The topological polar surface area (TPSA) is 42.1 Å². The summed E-state index contributed by atoms with van der Waals surface area (Å²) in [5.41, 5.74) is 2.63. The Hall–Kier alpha value is -1.77. The van der Waals surface area contributed by atoms with Crippen molar-refractivity contribution in [1.29, 1.82) is 0 Å². The summed E-state index contributed by atoms with van der Waals surface area (Å²) >= 11 is 0. The predicted octanol–water partition coefficient (Wildman–Crippen LogP) is 3.64. The Kier molecular flexibility index (Phi) is 3.16. The molecule has 3 heteroatoms. The number of fused-ring (bicyclic) bond motifs is 1. The van der Waals surface area contributed by atoms with Crippen molar-refractivity contribution >= 4 is 16.9 Å². The number of ether oxygens (including phenoxy) is 1. The first-order chi connectivity index (χ1) is 8.43. The van der Waals surface area contributed by atoms with Crippen LogP contribution in [-0.2, 0) is 10.2 Å². The van der Waals surface area contributed by atoms with Crippen molar-refractivity contribution in [2.75, 3.05) is 6.61 Å². The zero-order valence-electron chi connectivity index (χ0n) is 11.3. The SMILES string of the molecule is CCOC(=O)c1cc2cc[nH]c2cc1C(C)(C)C. The molecule has 1 aromatic heterocycles. The fourth-order valence-electron chi connectivity index (χ4n) is 2.10. The van der Waals surface area contributed by atoms with Crippen molar-refractivity contribution in [3.63, 3.8) is 0 Å². The number of carbonyl (C=O) groups is 1. The Labute approximate surface area is 107 Å². The van der Waals surface area contributed by atoms with Gasteiger partial charge in [-0.1, -0.05) is 20.8 Å². The minimum Gasteiger partial charge on any atom is -0.462 e. The Bertz CT molecular complexity index is 576. The lowest BCUT2D eigenvalue weighted by Crippen LogP contribution is -2.18. The highest BCUT2D eigenvalue weighted by Gasteiger charge is 2.23. The summed E-state index contributed by atoms with van der Waals surface area (Å²) in [6.07, 6.45) is 1.88. The number of H-pyrrole nitrogens is 1. The number of aromatic nitrogens is 1. The number of hydrogen-bond donors (Lipinski definition) is 1. The van der Waals surface area contributed by atoms with Gasteiger partial charge in [-0.25, -0.2) is 4.79 Å². The number of hydrogen-bond acceptors (Lipinski definition) is 2. The smallest absolute Gasteiger partial charge is 0.338 e. The Morgan fingerprint density at radius 2 is 2.06 bits per heavy atom. The first kappa shape index (κ1) is 12.7. The quantitative estimate of drug-likeness (QED) is 0.821. The highest BCUT2D eigenvalue weighted by atomic mass is 16.5. The molecule has 1 heterocycles. The first-order valence-corrected chi connectivity index (χ1v) is 6.22. The van der Waals surface area contributed by atoms with Crippen LogP contribution in [0.5, 0.6) is 0 Å². The molecule has 18 heavy (non-hydrogen) atoms. The number of rotatable bonds is 2. The van der Waals surface area contributed by atoms with Gasteiger partial charge in [-0.15, -0.1) is 0 Å². The van der Waals surface area contributed by atoms with Gasteiger partial charge in [0, 0.05) is 17.1 Å². The molecule has 0 saturated heterocycles. The summed E-state index contributed by atoms with van der Waals surface area (Å²) in [7, 11) is 0. The molecule has 2 rings (SSSR count). The van der Waals surface area contributed by atoms with E-state index < -0.39 is 0 Å². The van der Waals surface area contributed by atoms with E-state index in [0.717, 1.165) is 16.5 Å². The minimum atomic E-state index is -0.245. The van der Waals surface area contributed by atoms with Crippen LogP contribution in [0.4, 0.5) is 0 Å². The summed E-state index contributed by atoms with van der Waals surface area (Å²) in [6, 6.07) is 5.91. The summed E-state index contributed by atoms with van der Waals surface area (Å²) in [4.78, 5) is 15.2. The lowest BCUT2D eigenvalue weighted by molar-refractivity contribution is 0.0523. The predicted molar refractivity (Wildman–Crippen MR) is 73.0 cm³/mol. The number of nitrogens with one attached hydrogen (secondary N) is 1. The van der Waals surface area contributed by atoms with E-state index in [1.807, 2.05) is 31.3 Å². The van der Waals surface area contributed by atoms with Gasteiger partial charge < -0.3 is 9.72 Å². The van der Waals surface area contributed by atoms with Gasteiger partial charge in [0.1, 0.15) is 0 Å². The molecule has 1 N–H and O–H groups in total. The molecule has 0 atom stereocenters. The summed E-state index contributed by atoms with van der Waals surface area (Å²) in [5, 5.41) is 1.03. The molecule has 0 amide bonds. The molecule has 0 radical (unpaired) electrons. The van der Waals surface area contributed by atoms with Crippen LogP contribution < -0.4 is 0 Å². The normalized spacial score (nSPS) is 11.8. The molecule has 0 aliphatic heterocycles. The maximum atomic E-state index is 12.0. The van der Waals surface area contributed by atoms with Gasteiger partial charge in [-0.2, -0.15) is 0 Å². The lowest BCUT2D eigenvalue weighted by Gasteiger charge is -2.22. The highest BCUT2D eigenvalue weighted by Crippen LogP contribution is 2.30. The molecule has 2 aromatic rings. The van der Waals surface area contributed by atoms with Crippen molar-refractivity contribution in [3.05, 3.63) is 35.5 Å². The molecule has 0 spiro atoms. The number of carbonyl (C=O) groups excluding carboxylic acids is 1. The van der Waals surface area contributed by atoms with Crippen LogP contribution >= 0.6 is 0 Å². The third-order valence-corrected chi connectivity index (χ3v) is 2.99. The fraction of sp³-hybridized carbons (Fsp3) is 0.400. The van der Waals surface area contributed by atoms with E-state index in [1.54, 1.807) is 0 Å². The van der Waals surface area contributed by atoms with Gasteiger partial charge in [0.2, 0.25) is 0 Å². The van der Waals surface area contributed by atoms with Crippen LogP contribution in [-0.4, -0.2) is 17.6 Å². The Morgan fingerprint density at radius 3 is 2.67 bits per heavy atom. The highest BCUT2D eigenvalue weighted by molar-refractivity contribution is 5.97. The van der Waals surface area contributed by atoms with E-state index in [-0.39, 0.29) is 11.4 Å². The van der Waals surface area contributed by atoms with Gasteiger partial charge in [-0.05, 0) is 36.1 Å². The second-order valence-electron chi connectivity index (χ2n) is 5.43. The number of esters is 1. The second kappa shape index (κ2) is 4.48. The maximum Gasteiger partial charge on any atom is 0.338 e. The molecular weight excluding hydrogens is 226 g/mol. The van der Waals surface area contributed by atoms with E-state index in [9.17, 15) is 4.79 Å². The van der Waals surface area contributed by atoms with E-state index in [2.05, 4.69) is 25.8 Å². The zero-order valence-corrected chi connectivity index (χ0v) is 11.3. The monoisotopic (exact) mass is 245 g/mol. The van der Waals surface area contributed by atoms with Crippen LogP contribution in [0.25, 0.3) is 10.9 Å². The first-order valence-electron chi connectivity index (χ1n) is 6.22. The largest absolute Gasteiger partial charge is 0.462 e. The summed E-state index contributed by atoms with van der Waals surface area (Å²) < 4.78 is 5.14. The summed E-state index contributed by atoms with van der Waals surface area (Å²) in [6.45, 7) is 8.51. The molecule has 0 unspecified atom stereocenters. The third-order valence-electron chi connectivity index (χ3n) is 2.99. The van der Waals surface area contributed by atoms with Crippen LogP contribution in [0.3, 0.4) is 0 Å². The Morgan fingerprint density at radius 1 is 1.33 bits per heavy atom. The molecule has 3 nitrogen and oxygen atoms in total. The van der Waals surface area contributed by atoms with Crippen molar-refractivity contribution in [1.82, 2.24) is 4.98 Å². The third kappa shape index (κ3) is 2.26. The number of aromatic amines is 1. The van der Waals surface area contributed by atoms with Crippen molar-refractivity contribution < 1.29 is 9.53 Å².